The molecule has 0 amide bonds. The van der Waals surface area contributed by atoms with Gasteiger partial charge in [-0.2, -0.15) is 0 Å². The van der Waals surface area contributed by atoms with Gasteiger partial charge in [0.25, 0.3) is 0 Å². The van der Waals surface area contributed by atoms with Gasteiger partial charge in [0.2, 0.25) is 0 Å². The van der Waals surface area contributed by atoms with E-state index in [1.165, 1.54) is 25.3 Å². The number of carboxylic acid groups (broad SMARTS) is 1. The van der Waals surface area contributed by atoms with Crippen LogP contribution in [0.15, 0.2) is 18.3 Å². The predicted octanol–water partition coefficient (Wildman–Crippen LogP) is 1.41. The Labute approximate surface area is 68.9 Å². The molecule has 0 fully saturated rings. The van der Waals surface area contributed by atoms with Crippen LogP contribution in [0.4, 0.5) is 4.39 Å². The summed E-state index contributed by atoms with van der Waals surface area (Å²) in [6.07, 6.45) is 1.37. The van der Waals surface area contributed by atoms with E-state index in [2.05, 4.69) is 4.98 Å². The number of rotatable bonds is 2. The number of carboxylic acids is 1. The molecule has 1 aromatic rings. The fraction of sp³-hybridized carbons (Fsp3) is 0.250. The molecule has 1 atom stereocenters. The molecule has 0 aliphatic rings. The van der Waals surface area contributed by atoms with Crippen molar-refractivity contribution in [1.82, 2.24) is 4.98 Å². The quantitative estimate of drug-likeness (QED) is 0.728. The van der Waals surface area contributed by atoms with Gasteiger partial charge in [-0.05, 0) is 19.1 Å². The molecule has 0 aliphatic carbocycles. The van der Waals surface area contributed by atoms with E-state index in [0.717, 1.165) is 0 Å². The molecule has 0 bridgehead atoms. The van der Waals surface area contributed by atoms with Gasteiger partial charge >= 0.3 is 5.97 Å². The number of hydrogen-bond acceptors (Lipinski definition) is 2. The van der Waals surface area contributed by atoms with Gasteiger partial charge in [-0.1, -0.05) is 0 Å². The van der Waals surface area contributed by atoms with Crippen LogP contribution in [0.25, 0.3) is 0 Å². The molecule has 0 aliphatic heterocycles. The van der Waals surface area contributed by atoms with Crippen LogP contribution >= 0.6 is 0 Å². The van der Waals surface area contributed by atoms with E-state index in [-0.39, 0.29) is 5.69 Å². The highest BCUT2D eigenvalue weighted by atomic mass is 19.1. The van der Waals surface area contributed by atoms with E-state index >= 15 is 0 Å². The lowest BCUT2D eigenvalue weighted by molar-refractivity contribution is -0.138. The molecule has 4 heteroatoms. The lowest BCUT2D eigenvalue weighted by Gasteiger charge is -2.04. The van der Waals surface area contributed by atoms with Gasteiger partial charge in [0, 0.05) is 6.20 Å². The average molecular weight is 169 g/mol. The fourth-order valence-corrected chi connectivity index (χ4v) is 0.833. The van der Waals surface area contributed by atoms with Crippen molar-refractivity contribution >= 4 is 5.97 Å². The van der Waals surface area contributed by atoms with E-state index in [1.54, 1.807) is 0 Å². The predicted molar refractivity (Wildman–Crippen MR) is 40.2 cm³/mol. The van der Waals surface area contributed by atoms with Crippen molar-refractivity contribution in [2.75, 3.05) is 0 Å². The minimum atomic E-state index is -1.08. The summed E-state index contributed by atoms with van der Waals surface area (Å²) in [6.45, 7) is 1.40. The van der Waals surface area contributed by atoms with Crippen LogP contribution < -0.4 is 0 Å². The zero-order valence-electron chi connectivity index (χ0n) is 6.49. The van der Waals surface area contributed by atoms with E-state index in [4.69, 9.17) is 5.11 Å². The maximum absolute atomic E-state index is 12.9. The highest BCUT2D eigenvalue weighted by Crippen LogP contribution is 2.15. The third kappa shape index (κ3) is 1.58. The Morgan fingerprint density at radius 2 is 2.42 bits per heavy atom. The van der Waals surface area contributed by atoms with Crippen molar-refractivity contribution in [3.05, 3.63) is 29.8 Å². The zero-order valence-corrected chi connectivity index (χ0v) is 6.49. The van der Waals surface area contributed by atoms with Crippen LogP contribution in [0.1, 0.15) is 18.5 Å². The standard InChI is InChI=1S/C8H8FNO2/c1-5(8(11)12)7-6(9)3-2-4-10-7/h2-5H,1H3,(H,11,12)/t5-/m0/s1. The van der Waals surface area contributed by atoms with E-state index in [9.17, 15) is 9.18 Å². The van der Waals surface area contributed by atoms with Crippen LogP contribution in [0, 0.1) is 5.82 Å². The van der Waals surface area contributed by atoms with Crippen molar-refractivity contribution < 1.29 is 14.3 Å². The topological polar surface area (TPSA) is 50.2 Å². The van der Waals surface area contributed by atoms with Crippen LogP contribution in [-0.4, -0.2) is 16.1 Å². The van der Waals surface area contributed by atoms with Gasteiger partial charge in [-0.3, -0.25) is 9.78 Å². The summed E-state index contributed by atoms with van der Waals surface area (Å²) in [7, 11) is 0. The third-order valence-corrected chi connectivity index (χ3v) is 1.57. The van der Waals surface area contributed by atoms with Gasteiger partial charge in [-0.15, -0.1) is 0 Å². The van der Waals surface area contributed by atoms with E-state index < -0.39 is 17.7 Å². The second kappa shape index (κ2) is 3.30. The zero-order chi connectivity index (χ0) is 9.14. The number of nitrogens with zero attached hydrogens (tertiary/aromatic N) is 1. The summed E-state index contributed by atoms with van der Waals surface area (Å²) >= 11 is 0. The normalized spacial score (nSPS) is 12.5. The summed E-state index contributed by atoms with van der Waals surface area (Å²) in [5, 5.41) is 8.55. The summed E-state index contributed by atoms with van der Waals surface area (Å²) < 4.78 is 12.9. The summed E-state index contributed by atoms with van der Waals surface area (Å²) in [5.74, 6) is -2.55. The van der Waals surface area contributed by atoms with Crippen molar-refractivity contribution in [1.29, 1.82) is 0 Å². The van der Waals surface area contributed by atoms with Crippen molar-refractivity contribution in [2.45, 2.75) is 12.8 Å². The maximum Gasteiger partial charge on any atom is 0.312 e. The first-order chi connectivity index (χ1) is 5.63. The summed E-state index contributed by atoms with van der Waals surface area (Å²) in [5.41, 5.74) is -0.0231. The lowest BCUT2D eigenvalue weighted by atomic mass is 10.1. The SMILES string of the molecule is C[C@H](C(=O)O)c1ncccc1F. The molecule has 0 aromatic carbocycles. The number of hydrogen-bond donors (Lipinski definition) is 1. The van der Waals surface area contributed by atoms with Gasteiger partial charge in [0.15, 0.2) is 0 Å². The van der Waals surface area contributed by atoms with Gasteiger partial charge in [-0.25, -0.2) is 4.39 Å². The molecule has 0 spiro atoms. The van der Waals surface area contributed by atoms with Crippen LogP contribution in [0.5, 0.6) is 0 Å². The summed E-state index contributed by atoms with van der Waals surface area (Å²) in [4.78, 5) is 14.1. The van der Waals surface area contributed by atoms with Crippen molar-refractivity contribution in [3.8, 4) is 0 Å². The molecule has 1 rings (SSSR count). The molecule has 12 heavy (non-hydrogen) atoms. The molecule has 0 saturated carbocycles. The Morgan fingerprint density at radius 3 is 2.92 bits per heavy atom. The third-order valence-electron chi connectivity index (χ3n) is 1.57. The number of aromatic nitrogens is 1. The largest absolute Gasteiger partial charge is 0.481 e. The van der Waals surface area contributed by atoms with E-state index in [0.29, 0.717) is 0 Å². The first kappa shape index (κ1) is 8.64. The number of carbonyl (C=O) groups is 1. The Kier molecular flexibility index (Phi) is 2.38. The Morgan fingerprint density at radius 1 is 1.75 bits per heavy atom. The monoisotopic (exact) mass is 169 g/mol. The van der Waals surface area contributed by atoms with Crippen molar-refractivity contribution in [2.24, 2.45) is 0 Å². The molecule has 0 radical (unpaired) electrons. The highest BCUT2D eigenvalue weighted by molar-refractivity contribution is 5.74. The first-order valence-electron chi connectivity index (χ1n) is 3.46. The molecule has 1 N–H and O–H groups in total. The number of halogens is 1. The van der Waals surface area contributed by atoms with Crippen molar-refractivity contribution in [3.63, 3.8) is 0 Å². The molecule has 0 unspecified atom stereocenters. The molecular weight excluding hydrogens is 161 g/mol. The smallest absolute Gasteiger partial charge is 0.312 e. The second-order valence-electron chi connectivity index (χ2n) is 2.43. The summed E-state index contributed by atoms with van der Waals surface area (Å²) in [6, 6.07) is 2.62. The van der Waals surface area contributed by atoms with Crippen LogP contribution in [0.3, 0.4) is 0 Å². The van der Waals surface area contributed by atoms with E-state index in [1.807, 2.05) is 0 Å². The minimum Gasteiger partial charge on any atom is -0.481 e. The average Bonchev–Trinajstić information content (AvgIpc) is 2.04. The molecular formula is C8H8FNO2. The van der Waals surface area contributed by atoms with Gasteiger partial charge in [0.05, 0.1) is 11.6 Å². The van der Waals surface area contributed by atoms with Crippen LogP contribution in [-0.2, 0) is 4.79 Å². The number of aliphatic carboxylic acids is 1. The number of pyridine rings is 1. The molecule has 1 heterocycles. The molecule has 0 saturated heterocycles. The minimum absolute atomic E-state index is 0.0231. The van der Waals surface area contributed by atoms with Gasteiger partial charge < -0.3 is 5.11 Å². The maximum atomic E-state index is 12.9. The van der Waals surface area contributed by atoms with Crippen LogP contribution in [0.2, 0.25) is 0 Å². The lowest BCUT2D eigenvalue weighted by Crippen LogP contribution is -2.10. The molecule has 3 nitrogen and oxygen atoms in total. The highest BCUT2D eigenvalue weighted by Gasteiger charge is 2.18. The van der Waals surface area contributed by atoms with Gasteiger partial charge in [0.1, 0.15) is 5.82 Å². The molecule has 64 valence electrons. The Hall–Kier alpha value is -1.45. The fourth-order valence-electron chi connectivity index (χ4n) is 0.833. The first-order valence-corrected chi connectivity index (χ1v) is 3.46. The Bertz CT molecular complexity index is 301. The second-order valence-corrected chi connectivity index (χ2v) is 2.43. The Balaban J connectivity index is 3.02. The molecule has 1 aromatic heterocycles.